The highest BCUT2D eigenvalue weighted by Crippen LogP contribution is 2.07. The molecule has 0 aromatic carbocycles. The highest BCUT2D eigenvalue weighted by atomic mass is 16.1. The van der Waals surface area contributed by atoms with E-state index < -0.39 is 0 Å². The topological polar surface area (TPSA) is 46.9 Å². The Labute approximate surface area is 103 Å². The number of amides is 1. The number of carbonyl (C=O) groups is 1. The highest BCUT2D eigenvalue weighted by Gasteiger charge is 2.08. The predicted octanol–water partition coefficient (Wildman–Crippen LogP) is 1.92. The van der Waals surface area contributed by atoms with E-state index in [1.807, 2.05) is 18.5 Å². The summed E-state index contributed by atoms with van der Waals surface area (Å²) in [5, 5.41) is 7.38. The molecule has 1 amide bonds. The zero-order valence-electron chi connectivity index (χ0n) is 11.3. The lowest BCUT2D eigenvalue weighted by atomic mass is 10.2. The molecule has 4 nitrogen and oxygen atoms in total. The summed E-state index contributed by atoms with van der Waals surface area (Å²) in [5.74, 6) is 0.0931. The van der Waals surface area contributed by atoms with Gasteiger partial charge in [0.05, 0.1) is 5.69 Å². The van der Waals surface area contributed by atoms with Crippen molar-refractivity contribution in [2.75, 3.05) is 0 Å². The second-order valence-electron chi connectivity index (χ2n) is 4.53. The van der Waals surface area contributed by atoms with Crippen molar-refractivity contribution in [3.05, 3.63) is 17.5 Å². The molecule has 0 aliphatic heterocycles. The van der Waals surface area contributed by atoms with E-state index in [1.165, 1.54) is 5.69 Å². The van der Waals surface area contributed by atoms with E-state index in [9.17, 15) is 4.79 Å². The Hall–Kier alpha value is -1.32. The van der Waals surface area contributed by atoms with E-state index >= 15 is 0 Å². The van der Waals surface area contributed by atoms with Gasteiger partial charge < -0.3 is 5.32 Å². The summed E-state index contributed by atoms with van der Waals surface area (Å²) in [6.07, 6.45) is 2.40. The fraction of sp³-hybridized carbons (Fsp3) is 0.692. The Bertz CT molecular complexity index is 369. The van der Waals surface area contributed by atoms with Crippen molar-refractivity contribution in [1.29, 1.82) is 0 Å². The molecule has 0 aliphatic rings. The van der Waals surface area contributed by atoms with E-state index in [2.05, 4.69) is 30.3 Å². The van der Waals surface area contributed by atoms with Crippen LogP contribution in [0.25, 0.3) is 0 Å². The molecule has 0 fully saturated rings. The van der Waals surface area contributed by atoms with Crippen LogP contribution in [0.1, 0.15) is 45.5 Å². The molecule has 0 aliphatic carbocycles. The van der Waals surface area contributed by atoms with Crippen LogP contribution in [0.15, 0.2) is 6.07 Å². The van der Waals surface area contributed by atoms with E-state index in [0.29, 0.717) is 13.0 Å². The number of aromatic nitrogens is 2. The van der Waals surface area contributed by atoms with Crippen molar-refractivity contribution in [3.8, 4) is 0 Å². The number of carbonyl (C=O) groups excluding carboxylic acids is 1. The number of nitrogens with zero attached hydrogens (tertiary/aromatic N) is 2. The summed E-state index contributed by atoms with van der Waals surface area (Å²) in [6.45, 7) is 8.82. The minimum Gasteiger partial charge on any atom is -0.354 e. The zero-order valence-corrected chi connectivity index (χ0v) is 11.3. The van der Waals surface area contributed by atoms with Crippen molar-refractivity contribution in [2.24, 2.45) is 0 Å². The van der Waals surface area contributed by atoms with Crippen LogP contribution >= 0.6 is 0 Å². The van der Waals surface area contributed by atoms with Crippen molar-refractivity contribution in [1.82, 2.24) is 15.1 Å². The first-order valence-electron chi connectivity index (χ1n) is 6.41. The summed E-state index contributed by atoms with van der Waals surface area (Å²) in [6, 6.07) is 2.33. The van der Waals surface area contributed by atoms with Crippen molar-refractivity contribution < 1.29 is 4.79 Å². The lowest BCUT2D eigenvalue weighted by molar-refractivity contribution is -0.121. The minimum atomic E-state index is 0.0931. The van der Waals surface area contributed by atoms with Crippen LogP contribution in [0.3, 0.4) is 0 Å². The van der Waals surface area contributed by atoms with Gasteiger partial charge >= 0.3 is 0 Å². The lowest BCUT2D eigenvalue weighted by Gasteiger charge is -2.09. The third kappa shape index (κ3) is 4.21. The van der Waals surface area contributed by atoms with E-state index in [-0.39, 0.29) is 11.9 Å². The summed E-state index contributed by atoms with van der Waals surface area (Å²) in [4.78, 5) is 11.6. The maximum Gasteiger partial charge on any atom is 0.222 e. The molecule has 0 radical (unpaired) electrons. The molecule has 96 valence electrons. The van der Waals surface area contributed by atoms with Gasteiger partial charge in [-0.3, -0.25) is 9.48 Å². The van der Waals surface area contributed by atoms with Gasteiger partial charge in [0, 0.05) is 24.7 Å². The predicted molar refractivity (Wildman–Crippen MR) is 68.9 cm³/mol. The van der Waals surface area contributed by atoms with Gasteiger partial charge in [0.25, 0.3) is 0 Å². The first-order valence-corrected chi connectivity index (χ1v) is 6.41. The molecule has 1 heterocycles. The van der Waals surface area contributed by atoms with Gasteiger partial charge in [-0.15, -0.1) is 0 Å². The van der Waals surface area contributed by atoms with Crippen molar-refractivity contribution in [2.45, 2.75) is 59.5 Å². The fourth-order valence-electron chi connectivity index (χ4n) is 1.77. The fourth-order valence-corrected chi connectivity index (χ4v) is 1.77. The average molecular weight is 237 g/mol. The first-order chi connectivity index (χ1) is 8.06. The Balaban J connectivity index is 2.56. The number of nitrogens with one attached hydrogen (secondary N) is 1. The molecule has 1 aromatic heterocycles. The van der Waals surface area contributed by atoms with Crippen molar-refractivity contribution in [3.63, 3.8) is 0 Å². The molecular weight excluding hydrogens is 214 g/mol. The Morgan fingerprint density at radius 2 is 2.12 bits per heavy atom. The molecule has 0 spiro atoms. The van der Waals surface area contributed by atoms with Crippen LogP contribution in [-0.4, -0.2) is 21.7 Å². The van der Waals surface area contributed by atoms with Gasteiger partial charge in [-0.25, -0.2) is 0 Å². The molecule has 0 unspecified atom stereocenters. The molecule has 0 atom stereocenters. The largest absolute Gasteiger partial charge is 0.354 e. The molecule has 1 N–H and O–H groups in total. The van der Waals surface area contributed by atoms with Crippen LogP contribution in [0.4, 0.5) is 0 Å². The molecular formula is C13H23N3O. The van der Waals surface area contributed by atoms with Crippen LogP contribution in [0.5, 0.6) is 0 Å². The van der Waals surface area contributed by atoms with Crippen LogP contribution in [0, 0.1) is 0 Å². The van der Waals surface area contributed by atoms with Gasteiger partial charge in [0.15, 0.2) is 0 Å². The van der Waals surface area contributed by atoms with Gasteiger partial charge in [0.1, 0.15) is 0 Å². The molecule has 1 aromatic rings. The Kier molecular flexibility index (Phi) is 5.19. The Morgan fingerprint density at radius 1 is 1.41 bits per heavy atom. The highest BCUT2D eigenvalue weighted by molar-refractivity contribution is 5.76. The van der Waals surface area contributed by atoms with Gasteiger partial charge in [-0.2, -0.15) is 5.10 Å². The number of rotatable bonds is 6. The van der Waals surface area contributed by atoms with Crippen LogP contribution < -0.4 is 5.32 Å². The SMILES string of the molecule is CCc1cc(CC)n(CCC(=O)NC(C)C)n1. The number of hydrogen-bond donors (Lipinski definition) is 1. The molecule has 0 bridgehead atoms. The number of aryl methyl sites for hydroxylation is 3. The van der Waals surface area contributed by atoms with Gasteiger partial charge in [0.2, 0.25) is 5.91 Å². The average Bonchev–Trinajstić information content (AvgIpc) is 2.67. The lowest BCUT2D eigenvalue weighted by Crippen LogP contribution is -2.30. The van der Waals surface area contributed by atoms with E-state index in [0.717, 1.165) is 18.5 Å². The quantitative estimate of drug-likeness (QED) is 0.821. The van der Waals surface area contributed by atoms with Crippen molar-refractivity contribution >= 4 is 5.91 Å². The van der Waals surface area contributed by atoms with E-state index in [4.69, 9.17) is 0 Å². The van der Waals surface area contributed by atoms with Crippen LogP contribution in [0.2, 0.25) is 0 Å². The third-order valence-electron chi connectivity index (χ3n) is 2.64. The third-order valence-corrected chi connectivity index (χ3v) is 2.64. The summed E-state index contributed by atoms with van der Waals surface area (Å²) in [5.41, 5.74) is 2.31. The summed E-state index contributed by atoms with van der Waals surface area (Å²) in [7, 11) is 0. The molecule has 0 saturated heterocycles. The minimum absolute atomic E-state index is 0.0931. The standard InChI is InChI=1S/C13H23N3O/c1-5-11-9-12(6-2)16(15-11)8-7-13(17)14-10(3)4/h9-10H,5-8H2,1-4H3,(H,14,17). The van der Waals surface area contributed by atoms with Crippen LogP contribution in [-0.2, 0) is 24.2 Å². The monoisotopic (exact) mass is 237 g/mol. The second-order valence-corrected chi connectivity index (χ2v) is 4.53. The van der Waals surface area contributed by atoms with Gasteiger partial charge in [-0.05, 0) is 32.8 Å². The second kappa shape index (κ2) is 6.42. The zero-order chi connectivity index (χ0) is 12.8. The summed E-state index contributed by atoms with van der Waals surface area (Å²) >= 11 is 0. The smallest absolute Gasteiger partial charge is 0.222 e. The molecule has 0 saturated carbocycles. The maximum atomic E-state index is 11.6. The molecule has 17 heavy (non-hydrogen) atoms. The first kappa shape index (κ1) is 13.7. The normalized spacial score (nSPS) is 10.9. The van der Waals surface area contributed by atoms with Gasteiger partial charge in [-0.1, -0.05) is 13.8 Å². The molecule has 1 rings (SSSR count). The number of hydrogen-bond acceptors (Lipinski definition) is 2. The summed E-state index contributed by atoms with van der Waals surface area (Å²) < 4.78 is 1.96. The molecule has 4 heteroatoms. The Morgan fingerprint density at radius 3 is 2.65 bits per heavy atom. The van der Waals surface area contributed by atoms with E-state index in [1.54, 1.807) is 0 Å². The maximum absolute atomic E-state index is 11.6.